The van der Waals surface area contributed by atoms with Gasteiger partial charge in [-0.05, 0) is 42.0 Å². The van der Waals surface area contributed by atoms with Crippen LogP contribution in [0, 0.1) is 0 Å². The fourth-order valence-corrected chi connectivity index (χ4v) is 3.47. The molecule has 35 heavy (non-hydrogen) atoms. The first-order valence-electron chi connectivity index (χ1n) is 10.3. The summed E-state index contributed by atoms with van der Waals surface area (Å²) >= 11 is 0. The first kappa shape index (κ1) is 23.5. The van der Waals surface area contributed by atoms with Crippen LogP contribution in [0.4, 0.5) is 35.2 Å². The molecule has 2 amide bonds. The lowest BCUT2D eigenvalue weighted by Gasteiger charge is -2.14. The summed E-state index contributed by atoms with van der Waals surface area (Å²) in [6.45, 7) is 0.275. The summed E-state index contributed by atoms with van der Waals surface area (Å²) in [5, 5.41) is 17.8. The Morgan fingerprint density at radius 2 is 1.69 bits per heavy atom. The number of carboxylic acids is 1. The van der Waals surface area contributed by atoms with Crippen LogP contribution in [0.2, 0.25) is 0 Å². The van der Waals surface area contributed by atoms with Crippen LogP contribution in [0.3, 0.4) is 0 Å². The Morgan fingerprint density at radius 1 is 0.914 bits per heavy atom. The zero-order valence-electron chi connectivity index (χ0n) is 17.9. The van der Waals surface area contributed by atoms with Gasteiger partial charge in [-0.15, -0.1) is 0 Å². The molecule has 11 heteroatoms. The smallest absolute Gasteiger partial charge is 0.418 e. The van der Waals surface area contributed by atoms with Crippen LogP contribution in [-0.4, -0.2) is 27.1 Å². The van der Waals surface area contributed by atoms with E-state index >= 15 is 0 Å². The van der Waals surface area contributed by atoms with Crippen molar-refractivity contribution < 1.29 is 27.9 Å². The number of urea groups is 1. The molecule has 0 unspecified atom stereocenters. The number of aromatic nitrogens is 2. The SMILES string of the molecule is O=C(Nc1cccc(CNc2ncnc3c(C(=O)O)cccc23)c1)Nc1ccccc1C(F)(F)F. The molecule has 0 radical (unpaired) electrons. The van der Waals surface area contributed by atoms with Gasteiger partial charge < -0.3 is 21.1 Å². The normalized spacial score (nSPS) is 11.2. The Kier molecular flexibility index (Phi) is 6.49. The minimum atomic E-state index is -4.61. The van der Waals surface area contributed by atoms with Gasteiger partial charge in [0, 0.05) is 17.6 Å². The van der Waals surface area contributed by atoms with E-state index in [1.165, 1.54) is 30.6 Å². The lowest BCUT2D eigenvalue weighted by Crippen LogP contribution is -2.22. The molecule has 1 aromatic heterocycles. The van der Waals surface area contributed by atoms with Crippen LogP contribution in [-0.2, 0) is 12.7 Å². The molecule has 0 aliphatic rings. The number of alkyl halides is 3. The second-order valence-electron chi connectivity index (χ2n) is 7.41. The average Bonchev–Trinajstić information content (AvgIpc) is 2.82. The van der Waals surface area contributed by atoms with E-state index in [-0.39, 0.29) is 17.8 Å². The Labute approximate surface area is 196 Å². The average molecular weight is 481 g/mol. The van der Waals surface area contributed by atoms with E-state index in [4.69, 9.17) is 0 Å². The largest absolute Gasteiger partial charge is 0.478 e. The van der Waals surface area contributed by atoms with Crippen molar-refractivity contribution in [3.63, 3.8) is 0 Å². The number of nitrogens with one attached hydrogen (secondary N) is 3. The van der Waals surface area contributed by atoms with Crippen LogP contribution in [0.5, 0.6) is 0 Å². The molecule has 0 aliphatic carbocycles. The number of anilines is 3. The monoisotopic (exact) mass is 481 g/mol. The molecule has 8 nitrogen and oxygen atoms in total. The molecule has 0 atom stereocenters. The second-order valence-corrected chi connectivity index (χ2v) is 7.41. The van der Waals surface area contributed by atoms with E-state index in [9.17, 15) is 27.9 Å². The number of rotatable bonds is 6. The molecule has 4 N–H and O–H groups in total. The number of hydrogen-bond donors (Lipinski definition) is 4. The third-order valence-corrected chi connectivity index (χ3v) is 5.02. The number of amides is 2. The van der Waals surface area contributed by atoms with Crippen LogP contribution < -0.4 is 16.0 Å². The molecule has 4 rings (SSSR count). The third-order valence-electron chi connectivity index (χ3n) is 5.02. The highest BCUT2D eigenvalue weighted by Gasteiger charge is 2.33. The first-order chi connectivity index (χ1) is 16.7. The molecule has 0 aliphatic heterocycles. The maximum atomic E-state index is 13.1. The molecule has 1 heterocycles. The standard InChI is InChI=1S/C24H18F3N5O3/c25-24(26,27)18-9-1-2-10-19(18)32-23(35)31-15-6-3-5-14(11-15)12-28-21-16-7-4-8-17(22(33)34)20(16)29-13-30-21/h1-11,13H,12H2,(H,33,34)(H,28,29,30)(H2,31,32,35). The number of benzene rings is 3. The highest BCUT2D eigenvalue weighted by atomic mass is 19.4. The van der Waals surface area contributed by atoms with E-state index in [1.807, 2.05) is 0 Å². The van der Waals surface area contributed by atoms with Gasteiger partial charge in [0.2, 0.25) is 0 Å². The summed E-state index contributed by atoms with van der Waals surface area (Å²) in [5.41, 5.74) is 0.149. The number of carbonyl (C=O) groups excluding carboxylic acids is 1. The van der Waals surface area contributed by atoms with Crippen molar-refractivity contribution in [2.75, 3.05) is 16.0 Å². The minimum absolute atomic E-state index is 0.0530. The predicted molar refractivity (Wildman–Crippen MR) is 124 cm³/mol. The van der Waals surface area contributed by atoms with Gasteiger partial charge in [0.15, 0.2) is 0 Å². The lowest BCUT2D eigenvalue weighted by atomic mass is 10.1. The fraction of sp³-hybridized carbons (Fsp3) is 0.0833. The van der Waals surface area contributed by atoms with E-state index in [0.29, 0.717) is 22.4 Å². The molecular formula is C24H18F3N5O3. The third kappa shape index (κ3) is 5.46. The van der Waals surface area contributed by atoms with Crippen molar-refractivity contribution in [3.8, 4) is 0 Å². The van der Waals surface area contributed by atoms with Crippen LogP contribution in [0.15, 0.2) is 73.1 Å². The quantitative estimate of drug-likeness (QED) is 0.285. The number of carboxylic acid groups (broad SMARTS) is 1. The maximum absolute atomic E-state index is 13.1. The van der Waals surface area contributed by atoms with Crippen LogP contribution in [0.25, 0.3) is 10.9 Å². The number of para-hydroxylation sites is 2. The zero-order chi connectivity index (χ0) is 25.0. The van der Waals surface area contributed by atoms with E-state index in [0.717, 1.165) is 11.6 Å². The summed E-state index contributed by atoms with van der Waals surface area (Å²) in [4.78, 5) is 32.0. The van der Waals surface area contributed by atoms with Crippen molar-refractivity contribution >= 4 is 40.1 Å². The molecule has 0 bridgehead atoms. The molecule has 178 valence electrons. The van der Waals surface area contributed by atoms with Crippen LogP contribution >= 0.6 is 0 Å². The summed E-state index contributed by atoms with van der Waals surface area (Å²) in [6, 6.07) is 15.3. The van der Waals surface area contributed by atoms with Gasteiger partial charge in [0.05, 0.1) is 22.3 Å². The Hall–Kier alpha value is -4.67. The fourth-order valence-electron chi connectivity index (χ4n) is 3.47. The van der Waals surface area contributed by atoms with Crippen LogP contribution in [0.1, 0.15) is 21.5 Å². The molecular weight excluding hydrogens is 463 g/mol. The number of aromatic carboxylic acids is 1. The van der Waals surface area contributed by atoms with Gasteiger partial charge in [-0.1, -0.05) is 30.3 Å². The Morgan fingerprint density at radius 3 is 2.46 bits per heavy atom. The summed E-state index contributed by atoms with van der Waals surface area (Å²) < 4.78 is 39.4. The molecule has 0 fully saturated rings. The number of fused-ring (bicyclic) bond motifs is 1. The summed E-state index contributed by atoms with van der Waals surface area (Å²) in [5.74, 6) is -0.673. The predicted octanol–water partition coefficient (Wildman–Crippen LogP) is 5.60. The van der Waals surface area contributed by atoms with Gasteiger partial charge >= 0.3 is 18.2 Å². The van der Waals surface area contributed by atoms with Gasteiger partial charge in [-0.25, -0.2) is 19.6 Å². The summed E-state index contributed by atoms with van der Waals surface area (Å²) in [6.07, 6.45) is -3.34. The zero-order valence-corrected chi connectivity index (χ0v) is 17.9. The molecule has 3 aromatic carbocycles. The van der Waals surface area contributed by atoms with Gasteiger partial charge in [-0.2, -0.15) is 13.2 Å². The van der Waals surface area contributed by atoms with E-state index in [2.05, 4.69) is 25.9 Å². The summed E-state index contributed by atoms with van der Waals surface area (Å²) in [7, 11) is 0. The Balaban J connectivity index is 1.46. The van der Waals surface area contributed by atoms with Gasteiger partial charge in [0.1, 0.15) is 12.1 Å². The molecule has 0 spiro atoms. The van der Waals surface area contributed by atoms with Crippen molar-refractivity contribution in [1.82, 2.24) is 9.97 Å². The van der Waals surface area contributed by atoms with Crippen molar-refractivity contribution in [2.45, 2.75) is 12.7 Å². The van der Waals surface area contributed by atoms with E-state index in [1.54, 1.807) is 36.4 Å². The molecule has 4 aromatic rings. The number of carbonyl (C=O) groups is 2. The minimum Gasteiger partial charge on any atom is -0.478 e. The number of nitrogens with zero attached hydrogens (tertiary/aromatic N) is 2. The lowest BCUT2D eigenvalue weighted by molar-refractivity contribution is -0.136. The highest BCUT2D eigenvalue weighted by Crippen LogP contribution is 2.34. The van der Waals surface area contributed by atoms with Gasteiger partial charge in [-0.3, -0.25) is 0 Å². The van der Waals surface area contributed by atoms with Crippen molar-refractivity contribution in [3.05, 3.63) is 89.7 Å². The van der Waals surface area contributed by atoms with Gasteiger partial charge in [0.25, 0.3) is 0 Å². The highest BCUT2D eigenvalue weighted by molar-refractivity contribution is 6.04. The van der Waals surface area contributed by atoms with E-state index < -0.39 is 23.7 Å². The second kappa shape index (κ2) is 9.67. The van der Waals surface area contributed by atoms with Crippen molar-refractivity contribution in [1.29, 1.82) is 0 Å². The topological polar surface area (TPSA) is 116 Å². The maximum Gasteiger partial charge on any atom is 0.418 e. The Bertz CT molecular complexity index is 1410. The molecule has 0 saturated heterocycles. The number of hydrogen-bond acceptors (Lipinski definition) is 5. The number of halogens is 3. The first-order valence-corrected chi connectivity index (χ1v) is 10.3. The van der Waals surface area contributed by atoms with Crippen molar-refractivity contribution in [2.24, 2.45) is 0 Å². The molecule has 0 saturated carbocycles.